The van der Waals surface area contributed by atoms with E-state index in [1.165, 1.54) is 4.90 Å². The van der Waals surface area contributed by atoms with Crippen LogP contribution < -0.4 is 4.74 Å². The third kappa shape index (κ3) is 4.43. The summed E-state index contributed by atoms with van der Waals surface area (Å²) in [5.41, 5.74) is 2.18. The van der Waals surface area contributed by atoms with Crippen molar-refractivity contribution in [1.29, 1.82) is 0 Å². The first-order chi connectivity index (χ1) is 15.0. The second-order valence-corrected chi connectivity index (χ2v) is 7.46. The highest BCUT2D eigenvalue weighted by molar-refractivity contribution is 6.25. The van der Waals surface area contributed by atoms with Gasteiger partial charge in [-0.1, -0.05) is 42.0 Å². The number of hydrogen-bond acceptors (Lipinski definition) is 5. The van der Waals surface area contributed by atoms with Gasteiger partial charge in [-0.25, -0.2) is 0 Å². The van der Waals surface area contributed by atoms with Gasteiger partial charge in [0.1, 0.15) is 19.0 Å². The Morgan fingerprint density at radius 2 is 1.52 bits per heavy atom. The Morgan fingerprint density at radius 3 is 2.16 bits per heavy atom. The number of esters is 1. The van der Waals surface area contributed by atoms with Crippen LogP contribution in [0.4, 0.5) is 0 Å². The van der Waals surface area contributed by atoms with Crippen molar-refractivity contribution in [3.8, 4) is 5.75 Å². The number of carbonyl (C=O) groups is 3. The van der Waals surface area contributed by atoms with E-state index in [1.54, 1.807) is 12.1 Å². The normalized spacial score (nSPS) is 12.9. The van der Waals surface area contributed by atoms with E-state index in [9.17, 15) is 14.4 Å². The molecule has 0 N–H and O–H groups in total. The summed E-state index contributed by atoms with van der Waals surface area (Å²) in [7, 11) is 0. The number of rotatable bonds is 8. The molecule has 0 saturated carbocycles. The van der Waals surface area contributed by atoms with Gasteiger partial charge in [-0.2, -0.15) is 0 Å². The second kappa shape index (κ2) is 9.00. The zero-order chi connectivity index (χ0) is 21.8. The maximum atomic E-state index is 12.8. The molecule has 3 aromatic carbocycles. The highest BCUT2D eigenvalue weighted by Gasteiger charge is 2.32. The summed E-state index contributed by atoms with van der Waals surface area (Å²) in [6.07, 6.45) is 0.459. The van der Waals surface area contributed by atoms with Crippen LogP contribution in [0.5, 0.6) is 5.75 Å². The van der Waals surface area contributed by atoms with Gasteiger partial charge < -0.3 is 9.47 Å². The van der Waals surface area contributed by atoms with Gasteiger partial charge in [-0.15, -0.1) is 0 Å². The molecule has 1 heterocycles. The molecule has 31 heavy (non-hydrogen) atoms. The highest BCUT2D eigenvalue weighted by Crippen LogP contribution is 2.30. The van der Waals surface area contributed by atoms with Crippen LogP contribution in [-0.2, 0) is 9.53 Å². The molecule has 6 heteroatoms. The molecule has 0 aromatic heterocycles. The van der Waals surface area contributed by atoms with Crippen LogP contribution in [0.1, 0.15) is 39.1 Å². The van der Waals surface area contributed by atoms with E-state index >= 15 is 0 Å². The SMILES string of the molecule is Cc1ccc(OCCOC(=O)CCCN2C(=O)c3cccc4cccc(c34)C2=O)cc1. The summed E-state index contributed by atoms with van der Waals surface area (Å²) >= 11 is 0. The van der Waals surface area contributed by atoms with E-state index in [-0.39, 0.29) is 44.0 Å². The minimum atomic E-state index is -0.382. The lowest BCUT2D eigenvalue weighted by Gasteiger charge is -2.27. The number of imide groups is 1. The van der Waals surface area contributed by atoms with E-state index in [4.69, 9.17) is 9.47 Å². The molecule has 158 valence electrons. The first kappa shape index (κ1) is 20.6. The lowest BCUT2D eigenvalue weighted by molar-refractivity contribution is -0.144. The van der Waals surface area contributed by atoms with Crippen LogP contribution >= 0.6 is 0 Å². The number of ether oxygens (including phenoxy) is 2. The smallest absolute Gasteiger partial charge is 0.305 e. The molecule has 0 atom stereocenters. The summed E-state index contributed by atoms with van der Waals surface area (Å²) in [5.74, 6) is -0.311. The summed E-state index contributed by atoms with van der Waals surface area (Å²) in [6.45, 7) is 2.56. The van der Waals surface area contributed by atoms with Gasteiger partial charge in [0.05, 0.1) is 0 Å². The van der Waals surface area contributed by atoms with Crippen molar-refractivity contribution < 1.29 is 23.9 Å². The maximum Gasteiger partial charge on any atom is 0.305 e. The molecule has 1 aliphatic rings. The number of benzene rings is 3. The van der Waals surface area contributed by atoms with Crippen LogP contribution in [0, 0.1) is 6.92 Å². The first-order valence-corrected chi connectivity index (χ1v) is 10.3. The zero-order valence-corrected chi connectivity index (χ0v) is 17.3. The molecule has 0 radical (unpaired) electrons. The minimum absolute atomic E-state index is 0.118. The Bertz CT molecular complexity index is 1090. The van der Waals surface area contributed by atoms with Gasteiger partial charge in [0.25, 0.3) is 11.8 Å². The van der Waals surface area contributed by atoms with Crippen molar-refractivity contribution >= 4 is 28.6 Å². The molecule has 2 amide bonds. The van der Waals surface area contributed by atoms with Crippen molar-refractivity contribution in [3.05, 3.63) is 77.4 Å². The Kier molecular flexibility index (Phi) is 5.98. The summed E-state index contributed by atoms with van der Waals surface area (Å²) in [4.78, 5) is 38.9. The molecule has 0 unspecified atom stereocenters. The van der Waals surface area contributed by atoms with Crippen molar-refractivity contribution in [3.63, 3.8) is 0 Å². The van der Waals surface area contributed by atoms with Crippen molar-refractivity contribution in [2.24, 2.45) is 0 Å². The van der Waals surface area contributed by atoms with Crippen LogP contribution in [0.15, 0.2) is 60.7 Å². The van der Waals surface area contributed by atoms with Crippen LogP contribution in [0.3, 0.4) is 0 Å². The Labute approximate surface area is 180 Å². The molecule has 0 fully saturated rings. The summed E-state index contributed by atoms with van der Waals surface area (Å²) < 4.78 is 10.7. The quantitative estimate of drug-likeness (QED) is 0.313. The Morgan fingerprint density at radius 1 is 0.871 bits per heavy atom. The summed E-state index contributed by atoms with van der Waals surface area (Å²) in [5, 5.41) is 1.57. The molecule has 4 rings (SSSR count). The van der Waals surface area contributed by atoms with Crippen LogP contribution in [0.25, 0.3) is 10.8 Å². The molecule has 6 nitrogen and oxygen atoms in total. The lowest BCUT2D eigenvalue weighted by Crippen LogP contribution is -2.41. The van der Waals surface area contributed by atoms with E-state index in [0.717, 1.165) is 16.7 Å². The number of carbonyl (C=O) groups excluding carboxylic acids is 3. The lowest BCUT2D eigenvalue weighted by atomic mass is 9.94. The predicted octanol–water partition coefficient (Wildman–Crippen LogP) is 4.15. The number of amides is 2. The average molecular weight is 417 g/mol. The fourth-order valence-corrected chi connectivity index (χ4v) is 3.69. The van der Waals surface area contributed by atoms with Crippen molar-refractivity contribution in [2.45, 2.75) is 19.8 Å². The molecular weight excluding hydrogens is 394 g/mol. The number of hydrogen-bond donors (Lipinski definition) is 0. The number of nitrogens with zero attached hydrogens (tertiary/aromatic N) is 1. The topological polar surface area (TPSA) is 72.9 Å². The average Bonchev–Trinajstić information content (AvgIpc) is 2.78. The second-order valence-electron chi connectivity index (χ2n) is 7.46. The van der Waals surface area contributed by atoms with Crippen LogP contribution in [-0.4, -0.2) is 42.4 Å². The number of aryl methyl sites for hydroxylation is 1. The van der Waals surface area contributed by atoms with Crippen molar-refractivity contribution in [1.82, 2.24) is 4.90 Å². The molecule has 0 aliphatic carbocycles. The standard InChI is InChI=1S/C25H23NO5/c1-17-10-12-19(13-11-17)30-15-16-31-22(27)9-4-14-26-24(28)20-7-2-5-18-6-3-8-21(23(18)20)25(26)29/h2-3,5-8,10-13H,4,9,14-16H2,1H3. The third-order valence-corrected chi connectivity index (χ3v) is 5.25. The maximum absolute atomic E-state index is 12.8. The zero-order valence-electron chi connectivity index (χ0n) is 17.3. The molecule has 0 spiro atoms. The predicted molar refractivity (Wildman–Crippen MR) is 116 cm³/mol. The van der Waals surface area contributed by atoms with E-state index in [0.29, 0.717) is 22.9 Å². The van der Waals surface area contributed by atoms with Gasteiger partial charge in [0, 0.05) is 29.5 Å². The monoisotopic (exact) mass is 417 g/mol. The van der Waals surface area contributed by atoms with E-state index in [2.05, 4.69) is 0 Å². The van der Waals surface area contributed by atoms with E-state index < -0.39 is 0 Å². The molecule has 3 aromatic rings. The highest BCUT2D eigenvalue weighted by atomic mass is 16.6. The van der Waals surface area contributed by atoms with Crippen LogP contribution in [0.2, 0.25) is 0 Å². The minimum Gasteiger partial charge on any atom is -0.490 e. The van der Waals surface area contributed by atoms with Crippen molar-refractivity contribution in [2.75, 3.05) is 19.8 Å². The molecular formula is C25H23NO5. The third-order valence-electron chi connectivity index (χ3n) is 5.25. The Hall–Kier alpha value is -3.67. The van der Waals surface area contributed by atoms with Gasteiger partial charge in [-0.05, 0) is 43.0 Å². The fraction of sp³-hybridized carbons (Fsp3) is 0.240. The van der Waals surface area contributed by atoms with Gasteiger partial charge in [-0.3, -0.25) is 19.3 Å². The molecule has 1 aliphatic heterocycles. The van der Waals surface area contributed by atoms with Gasteiger partial charge in [0.2, 0.25) is 0 Å². The van der Waals surface area contributed by atoms with Gasteiger partial charge in [0.15, 0.2) is 0 Å². The van der Waals surface area contributed by atoms with E-state index in [1.807, 2.05) is 55.5 Å². The molecule has 0 bridgehead atoms. The first-order valence-electron chi connectivity index (χ1n) is 10.3. The van der Waals surface area contributed by atoms with Gasteiger partial charge >= 0.3 is 5.97 Å². The fourth-order valence-electron chi connectivity index (χ4n) is 3.69. The largest absolute Gasteiger partial charge is 0.490 e. The summed E-state index contributed by atoms with van der Waals surface area (Å²) in [6, 6.07) is 18.5. The molecule has 0 saturated heterocycles. The Balaban J connectivity index is 1.26.